The minimum absolute atomic E-state index is 0. The van der Waals surface area contributed by atoms with Crippen molar-refractivity contribution in [3.63, 3.8) is 0 Å². The van der Waals surface area contributed by atoms with Crippen molar-refractivity contribution in [3.8, 4) is 11.3 Å². The van der Waals surface area contributed by atoms with Crippen LogP contribution in [0.5, 0.6) is 0 Å². The van der Waals surface area contributed by atoms with Crippen LogP contribution in [0.3, 0.4) is 0 Å². The minimum Gasteiger partial charge on any atom is -0.423 e. The van der Waals surface area contributed by atoms with Crippen LogP contribution in [0, 0.1) is 11.6 Å². The van der Waals surface area contributed by atoms with Gasteiger partial charge >= 0.3 is 7.12 Å². The molecule has 0 radical (unpaired) electrons. The summed E-state index contributed by atoms with van der Waals surface area (Å²) in [5, 5.41) is 42.7. The van der Waals surface area contributed by atoms with Crippen molar-refractivity contribution in [1.29, 1.82) is 0 Å². The summed E-state index contributed by atoms with van der Waals surface area (Å²) in [7, 11) is -3.55. The summed E-state index contributed by atoms with van der Waals surface area (Å²) >= 11 is 9.13. The molecule has 20 rings (SSSR count). The second-order valence-corrected chi connectivity index (χ2v) is 40.6. The quantitative estimate of drug-likeness (QED) is 0.0569. The summed E-state index contributed by atoms with van der Waals surface area (Å²) in [5.74, 6) is 0.0227. The summed E-state index contributed by atoms with van der Waals surface area (Å²) in [5.41, 5.74) is 5.49. The molecule has 0 atom stereocenters. The van der Waals surface area contributed by atoms with Gasteiger partial charge in [-0.15, -0.1) is 22.7 Å². The van der Waals surface area contributed by atoms with E-state index in [2.05, 4.69) is 422 Å². The van der Waals surface area contributed by atoms with E-state index in [9.17, 15) is 8.78 Å². The SMILES string of the molecule is CC(C)c1csc2c(-c3cc4ccccc4cc3F)ncnc12.CC(C)c1csc2c(Cl)ncnc12.OB(O)c1cc2ccccc2cc1F.[Pd].c1ccc(P(c2ccccc2)c2ccccc2)cc1.c1ccc(P(c2ccccc2)c2ccccc2)cc1.c1ccc(P(c2ccccc2)c2ccccc2)cc1.c1ccc(P(c2ccccc2)c2ccccc2)cc1. The van der Waals surface area contributed by atoms with Gasteiger partial charge < -0.3 is 10.0 Å². The maximum atomic E-state index is 14.6. The van der Waals surface area contributed by atoms with Crippen molar-refractivity contribution < 1.29 is 39.3 Å². The smallest absolute Gasteiger partial charge is 0.423 e. The number of nitrogens with zero attached hydrogens (tertiary/aromatic N) is 4. The molecule has 0 unspecified atom stereocenters. The number of fused-ring (bicyclic) bond motifs is 4. The molecule has 0 aliphatic carbocycles. The van der Waals surface area contributed by atoms with Gasteiger partial charge in [0.25, 0.3) is 0 Å². The molecular formula is C110H92BClF2N4O2P4PdS2. The van der Waals surface area contributed by atoms with Gasteiger partial charge in [0.1, 0.15) is 29.4 Å². The van der Waals surface area contributed by atoms with Crippen LogP contribution in [0.25, 0.3) is 53.2 Å². The Balaban J connectivity index is 0.000000127. The summed E-state index contributed by atoms with van der Waals surface area (Å²) in [6.07, 6.45) is 3.05. The maximum Gasteiger partial charge on any atom is 0.491 e. The van der Waals surface area contributed by atoms with Crippen LogP contribution in [0.2, 0.25) is 5.15 Å². The molecule has 127 heavy (non-hydrogen) atoms. The zero-order chi connectivity index (χ0) is 87.2. The minimum atomic E-state index is -1.76. The molecule has 0 fully saturated rings. The third kappa shape index (κ3) is 25.1. The van der Waals surface area contributed by atoms with E-state index in [-0.39, 0.29) is 31.7 Å². The first-order chi connectivity index (χ1) is 61.8. The molecule has 0 saturated heterocycles. The molecule has 4 aromatic heterocycles. The molecule has 6 nitrogen and oxygen atoms in total. The van der Waals surface area contributed by atoms with E-state index in [4.69, 9.17) is 21.6 Å². The average molecular weight is 1880 g/mol. The molecule has 0 aliphatic heterocycles. The largest absolute Gasteiger partial charge is 0.491 e. The summed E-state index contributed by atoms with van der Waals surface area (Å²) in [6, 6.07) is 150. The van der Waals surface area contributed by atoms with Crippen molar-refractivity contribution in [2.75, 3.05) is 0 Å². The summed E-state index contributed by atoms with van der Waals surface area (Å²) < 4.78 is 29.8. The van der Waals surface area contributed by atoms with Gasteiger partial charge in [0.05, 0.1) is 26.1 Å². The van der Waals surface area contributed by atoms with Gasteiger partial charge in [0.15, 0.2) is 0 Å². The van der Waals surface area contributed by atoms with E-state index < -0.39 is 44.6 Å². The fourth-order valence-electron chi connectivity index (χ4n) is 14.3. The monoisotopic (exact) mass is 1880 g/mol. The van der Waals surface area contributed by atoms with Gasteiger partial charge in [0, 0.05) is 31.4 Å². The van der Waals surface area contributed by atoms with Crippen molar-refractivity contribution >= 4 is 184 Å². The third-order valence-corrected chi connectivity index (χ3v) is 32.5. The van der Waals surface area contributed by atoms with Crippen molar-refractivity contribution in [1.82, 2.24) is 19.9 Å². The topological polar surface area (TPSA) is 92.0 Å². The first-order valence-corrected chi connectivity index (χ1v) is 49.0. The Morgan fingerprint density at radius 2 is 0.504 bits per heavy atom. The fraction of sp³-hybridized carbons (Fsp3) is 0.0545. The molecule has 0 bridgehead atoms. The zero-order valence-electron chi connectivity index (χ0n) is 70.3. The van der Waals surface area contributed by atoms with Gasteiger partial charge in [-0.2, -0.15) is 0 Å². The molecule has 20 aromatic rings. The number of thiophene rings is 2. The van der Waals surface area contributed by atoms with Crippen LogP contribution >= 0.6 is 66.0 Å². The Bertz CT molecular complexity index is 5850. The predicted octanol–water partition coefficient (Wildman–Crippen LogP) is 23.7. The summed E-state index contributed by atoms with van der Waals surface area (Å²) in [6.45, 7) is 8.58. The van der Waals surface area contributed by atoms with Gasteiger partial charge in [-0.25, -0.2) is 28.7 Å². The van der Waals surface area contributed by atoms with Crippen molar-refractivity contribution in [2.45, 2.75) is 39.5 Å². The number of rotatable bonds is 16. The molecule has 0 aliphatic rings. The molecule has 16 aromatic carbocycles. The van der Waals surface area contributed by atoms with Gasteiger partial charge in [-0.05, 0) is 169 Å². The Morgan fingerprint density at radius 3 is 0.764 bits per heavy atom. The second kappa shape index (κ2) is 48.0. The Morgan fingerprint density at radius 1 is 0.283 bits per heavy atom. The Labute approximate surface area is 775 Å². The molecule has 0 amide bonds. The van der Waals surface area contributed by atoms with E-state index in [0.717, 1.165) is 42.0 Å². The molecule has 2 N–H and O–H groups in total. The fourth-order valence-corrected chi connectivity index (χ4v) is 26.0. The normalized spacial score (nSPS) is 10.8. The number of hydrogen-bond acceptors (Lipinski definition) is 8. The second-order valence-electron chi connectivity index (χ2n) is 29.6. The molecule has 4 heterocycles. The van der Waals surface area contributed by atoms with Gasteiger partial charge in [-0.1, -0.05) is 458 Å². The Kier molecular flexibility index (Phi) is 35.2. The van der Waals surface area contributed by atoms with Crippen molar-refractivity contribution in [2.24, 2.45) is 0 Å². The van der Waals surface area contributed by atoms with Gasteiger partial charge in [-0.3, -0.25) is 0 Å². The van der Waals surface area contributed by atoms with Crippen LogP contribution in [0.15, 0.2) is 460 Å². The standard InChI is InChI=1S/C19H15FN2S.4C18H15P.C10H8BFO2.C9H9ClN2S.Pd/c1-11(2)15-9-23-19-17(21-10-22-18(15)19)14-7-12-5-3-4-6-13(12)8-16(14)20;4*1-4-10-16(11-5-1)19(17-12-6-2-7-13-17)18-14-8-3-9-15-18;12-10-6-8-4-2-1-3-7(8)5-9(10)11(13)14;1-5(2)6-3-13-8-7(6)11-4-12-9(8)10;/h3-11H,1-2H3;4*1-15H;1-6,13-14H;3-5H,1-2H3;. The number of hydrogen-bond donors (Lipinski definition) is 2. The zero-order valence-corrected chi connectivity index (χ0v) is 77.9. The number of aromatic nitrogens is 4. The van der Waals surface area contributed by atoms with E-state index in [1.807, 2.05) is 36.4 Å². The molecule has 630 valence electrons. The molecular weight excluding hydrogens is 1790 g/mol. The van der Waals surface area contributed by atoms with Crippen molar-refractivity contribution in [3.05, 3.63) is 488 Å². The Hall–Kier alpha value is -11.4. The third-order valence-electron chi connectivity index (χ3n) is 20.4. The van der Waals surface area contributed by atoms with Crippen LogP contribution in [-0.4, -0.2) is 37.1 Å². The molecule has 17 heteroatoms. The molecule has 0 spiro atoms. The van der Waals surface area contributed by atoms with E-state index in [1.54, 1.807) is 46.9 Å². The van der Waals surface area contributed by atoms with E-state index in [1.165, 1.54) is 99.6 Å². The average Bonchev–Trinajstić information content (AvgIpc) is 1.69. The van der Waals surface area contributed by atoms with Gasteiger partial charge in [0.2, 0.25) is 0 Å². The van der Waals surface area contributed by atoms with Crippen LogP contribution in [0.4, 0.5) is 8.78 Å². The van der Waals surface area contributed by atoms with Crippen LogP contribution in [0.1, 0.15) is 50.7 Å². The van der Waals surface area contributed by atoms with Crippen LogP contribution < -0.4 is 69.1 Å². The maximum absolute atomic E-state index is 14.6. The first-order valence-electron chi connectivity index (χ1n) is 41.5. The summed E-state index contributed by atoms with van der Waals surface area (Å²) in [4.78, 5) is 17.0. The number of halogens is 3. The van der Waals surface area contributed by atoms with E-state index >= 15 is 0 Å². The van der Waals surface area contributed by atoms with E-state index in [0.29, 0.717) is 28.2 Å². The number of benzene rings is 16. The predicted molar refractivity (Wildman–Crippen MR) is 545 cm³/mol. The first kappa shape index (κ1) is 93.3. The molecule has 0 saturated carbocycles. The van der Waals surface area contributed by atoms with Crippen LogP contribution in [-0.2, 0) is 20.4 Å².